The van der Waals surface area contributed by atoms with Gasteiger partial charge in [0.25, 0.3) is 0 Å². The molecule has 1 aromatic rings. The van der Waals surface area contributed by atoms with Gasteiger partial charge in [0.05, 0.1) is 0 Å². The highest BCUT2D eigenvalue weighted by atomic mass is 14.7. The van der Waals surface area contributed by atoms with Crippen molar-refractivity contribution < 1.29 is 0 Å². The second-order valence-electron chi connectivity index (χ2n) is 6.27. The van der Waals surface area contributed by atoms with Gasteiger partial charge in [0.1, 0.15) is 0 Å². The zero-order chi connectivity index (χ0) is 15.3. The lowest BCUT2D eigenvalue weighted by atomic mass is 9.94. The minimum atomic E-state index is 1.18. The van der Waals surface area contributed by atoms with E-state index in [1.54, 1.807) is 11.1 Å². The first kappa shape index (κ1) is 18.2. The minimum Gasteiger partial charge on any atom is -0.261 e. The van der Waals surface area contributed by atoms with E-state index in [-0.39, 0.29) is 0 Å². The summed E-state index contributed by atoms with van der Waals surface area (Å²) >= 11 is 0. The summed E-state index contributed by atoms with van der Waals surface area (Å²) in [5.74, 6) is 0. The van der Waals surface area contributed by atoms with Gasteiger partial charge >= 0.3 is 0 Å². The first-order valence-electron chi connectivity index (χ1n) is 9.29. The van der Waals surface area contributed by atoms with Crippen LogP contribution in [-0.4, -0.2) is 4.98 Å². The Hall–Kier alpha value is -0.850. The summed E-state index contributed by atoms with van der Waals surface area (Å²) in [7, 11) is 0. The summed E-state index contributed by atoms with van der Waals surface area (Å²) in [5, 5.41) is 0. The highest BCUT2D eigenvalue weighted by molar-refractivity contribution is 5.30. The lowest BCUT2D eigenvalue weighted by Gasteiger charge is -2.14. The molecule has 0 unspecified atom stereocenters. The lowest BCUT2D eigenvalue weighted by molar-refractivity contribution is 0.668. The Morgan fingerprint density at radius 2 is 1.29 bits per heavy atom. The van der Waals surface area contributed by atoms with E-state index < -0.39 is 0 Å². The molecule has 0 amide bonds. The largest absolute Gasteiger partial charge is 0.261 e. The third-order valence-electron chi connectivity index (χ3n) is 4.34. The Bertz CT molecular complexity index is 342. The molecule has 1 heteroatoms. The number of nitrogens with zero attached hydrogens (tertiary/aromatic N) is 1. The molecule has 0 aromatic carbocycles. The maximum Gasteiger partial charge on any atom is 0.0438 e. The van der Waals surface area contributed by atoms with E-state index in [2.05, 4.69) is 26.8 Å². The van der Waals surface area contributed by atoms with Crippen LogP contribution >= 0.6 is 0 Å². The second kappa shape index (κ2) is 11.8. The van der Waals surface area contributed by atoms with E-state index in [4.69, 9.17) is 4.98 Å². The fourth-order valence-corrected chi connectivity index (χ4v) is 3.00. The van der Waals surface area contributed by atoms with E-state index in [0.29, 0.717) is 0 Å². The van der Waals surface area contributed by atoms with Crippen molar-refractivity contribution in [3.05, 3.63) is 29.1 Å². The van der Waals surface area contributed by atoms with Crippen LogP contribution in [-0.2, 0) is 19.3 Å². The van der Waals surface area contributed by atoms with E-state index in [1.165, 1.54) is 82.7 Å². The maximum absolute atomic E-state index is 4.72. The number of aromatic nitrogens is 1. The van der Waals surface area contributed by atoms with Crippen LogP contribution in [0.2, 0.25) is 0 Å². The van der Waals surface area contributed by atoms with Gasteiger partial charge in [0, 0.05) is 11.9 Å². The van der Waals surface area contributed by atoms with Gasteiger partial charge in [-0.15, -0.1) is 0 Å². The Kier molecular flexibility index (Phi) is 10.2. The predicted octanol–water partition coefficient (Wildman–Crippen LogP) is 6.28. The molecular weight excluding hydrogens is 254 g/mol. The molecule has 0 radical (unpaired) electrons. The van der Waals surface area contributed by atoms with Crippen LogP contribution in [0.1, 0.15) is 95.4 Å². The zero-order valence-corrected chi connectivity index (χ0v) is 14.6. The topological polar surface area (TPSA) is 12.9 Å². The van der Waals surface area contributed by atoms with Crippen LogP contribution in [0, 0.1) is 0 Å². The van der Waals surface area contributed by atoms with Gasteiger partial charge in [-0.25, -0.2) is 0 Å². The van der Waals surface area contributed by atoms with Gasteiger partial charge in [-0.2, -0.15) is 0 Å². The Balaban J connectivity index is 2.75. The highest BCUT2D eigenvalue weighted by Gasteiger charge is 2.09. The van der Waals surface area contributed by atoms with Crippen molar-refractivity contribution in [3.8, 4) is 0 Å². The van der Waals surface area contributed by atoms with E-state index in [1.807, 2.05) is 6.20 Å². The van der Waals surface area contributed by atoms with Crippen molar-refractivity contribution in [2.75, 3.05) is 0 Å². The fourth-order valence-electron chi connectivity index (χ4n) is 3.00. The van der Waals surface area contributed by atoms with Crippen LogP contribution in [0.3, 0.4) is 0 Å². The summed E-state index contributed by atoms with van der Waals surface area (Å²) in [4.78, 5) is 4.72. The molecular formula is C20H35N. The molecule has 1 heterocycles. The third kappa shape index (κ3) is 7.11. The highest BCUT2D eigenvalue weighted by Crippen LogP contribution is 2.20. The molecule has 0 saturated carbocycles. The molecule has 0 aliphatic carbocycles. The van der Waals surface area contributed by atoms with Crippen molar-refractivity contribution >= 4 is 0 Å². The second-order valence-corrected chi connectivity index (χ2v) is 6.27. The molecule has 0 saturated heterocycles. The van der Waals surface area contributed by atoms with Crippen LogP contribution in [0.25, 0.3) is 0 Å². The lowest BCUT2D eigenvalue weighted by Crippen LogP contribution is -2.04. The summed E-state index contributed by atoms with van der Waals surface area (Å²) in [5.41, 5.74) is 4.58. The number of unbranched alkanes of at least 4 members (excludes halogenated alkanes) is 6. The van der Waals surface area contributed by atoms with Crippen molar-refractivity contribution in [1.82, 2.24) is 4.98 Å². The SMILES string of the molecule is CCCCCc1ccnc(CCCCC)c1CCCCC. The molecule has 120 valence electrons. The number of hydrogen-bond acceptors (Lipinski definition) is 1. The van der Waals surface area contributed by atoms with Gasteiger partial charge < -0.3 is 0 Å². The average molecular weight is 290 g/mol. The predicted molar refractivity (Wildman–Crippen MR) is 93.9 cm³/mol. The molecule has 0 bridgehead atoms. The fraction of sp³-hybridized carbons (Fsp3) is 0.750. The first-order chi connectivity index (χ1) is 10.3. The van der Waals surface area contributed by atoms with Crippen LogP contribution < -0.4 is 0 Å². The molecule has 0 spiro atoms. The van der Waals surface area contributed by atoms with E-state index >= 15 is 0 Å². The monoisotopic (exact) mass is 289 g/mol. The van der Waals surface area contributed by atoms with Crippen LogP contribution in [0.15, 0.2) is 12.3 Å². The van der Waals surface area contributed by atoms with Gasteiger partial charge in [-0.3, -0.25) is 4.98 Å². The van der Waals surface area contributed by atoms with Gasteiger partial charge in [-0.05, 0) is 55.7 Å². The van der Waals surface area contributed by atoms with Crippen molar-refractivity contribution in [3.63, 3.8) is 0 Å². The molecule has 0 atom stereocenters. The zero-order valence-electron chi connectivity index (χ0n) is 14.6. The van der Waals surface area contributed by atoms with Gasteiger partial charge in [0.15, 0.2) is 0 Å². The summed E-state index contributed by atoms with van der Waals surface area (Å²) in [6.07, 6.45) is 17.6. The Morgan fingerprint density at radius 1 is 0.714 bits per heavy atom. The van der Waals surface area contributed by atoms with Crippen molar-refractivity contribution in [1.29, 1.82) is 0 Å². The average Bonchev–Trinajstić information content (AvgIpc) is 2.50. The molecule has 1 nitrogen and oxygen atoms in total. The van der Waals surface area contributed by atoms with Crippen molar-refractivity contribution in [2.24, 2.45) is 0 Å². The quantitative estimate of drug-likeness (QED) is 0.413. The number of pyridine rings is 1. The van der Waals surface area contributed by atoms with Gasteiger partial charge in [0.2, 0.25) is 0 Å². The summed E-state index contributed by atoms with van der Waals surface area (Å²) < 4.78 is 0. The molecule has 0 aliphatic rings. The Morgan fingerprint density at radius 3 is 1.90 bits per heavy atom. The number of rotatable bonds is 12. The standard InChI is InChI=1S/C20H35N/c1-4-7-10-13-18-16-17-21-20(15-12-9-6-3)19(18)14-11-8-5-2/h16-17H,4-15H2,1-3H3. The number of aryl methyl sites for hydroxylation is 2. The van der Waals surface area contributed by atoms with Gasteiger partial charge in [-0.1, -0.05) is 59.3 Å². The van der Waals surface area contributed by atoms with E-state index in [9.17, 15) is 0 Å². The molecule has 1 aromatic heterocycles. The minimum absolute atomic E-state index is 1.18. The first-order valence-corrected chi connectivity index (χ1v) is 9.29. The molecule has 0 aliphatic heterocycles. The molecule has 21 heavy (non-hydrogen) atoms. The summed E-state index contributed by atoms with van der Waals surface area (Å²) in [6.45, 7) is 6.84. The van der Waals surface area contributed by atoms with Crippen LogP contribution in [0.5, 0.6) is 0 Å². The van der Waals surface area contributed by atoms with Crippen molar-refractivity contribution in [2.45, 2.75) is 97.8 Å². The smallest absolute Gasteiger partial charge is 0.0438 e. The maximum atomic E-state index is 4.72. The normalized spacial score (nSPS) is 11.0. The summed E-state index contributed by atoms with van der Waals surface area (Å²) in [6, 6.07) is 2.28. The Labute approximate surface area is 132 Å². The number of hydrogen-bond donors (Lipinski definition) is 0. The van der Waals surface area contributed by atoms with E-state index in [0.717, 1.165) is 0 Å². The third-order valence-corrected chi connectivity index (χ3v) is 4.34. The molecule has 0 fully saturated rings. The molecule has 0 N–H and O–H groups in total. The molecule has 1 rings (SSSR count). The van der Waals surface area contributed by atoms with Crippen LogP contribution in [0.4, 0.5) is 0 Å².